The summed E-state index contributed by atoms with van der Waals surface area (Å²) >= 11 is 1.39. The van der Waals surface area contributed by atoms with E-state index in [1.54, 1.807) is 19.1 Å². The van der Waals surface area contributed by atoms with Crippen molar-refractivity contribution in [2.75, 3.05) is 18.1 Å². The first-order valence-electron chi connectivity index (χ1n) is 7.87. The fraction of sp³-hybridized carbons (Fsp3) is 0.500. The first-order chi connectivity index (χ1) is 11.4. The third kappa shape index (κ3) is 3.80. The highest BCUT2D eigenvalue weighted by molar-refractivity contribution is 8.15. The standard InChI is InChI=1S/C16H19FN2O3S2/c1-2-15(20)18-16-19(8-7-11-3-5-12(17)6-4-11)13-9-24(21,22)10-14(13)23-16/h3-6,13-14H,2,7-10H2,1H3. The highest BCUT2D eigenvalue weighted by atomic mass is 32.2. The van der Waals surface area contributed by atoms with Gasteiger partial charge in [-0.1, -0.05) is 30.8 Å². The van der Waals surface area contributed by atoms with Crippen LogP contribution in [0, 0.1) is 5.82 Å². The van der Waals surface area contributed by atoms with Crippen molar-refractivity contribution in [3.63, 3.8) is 0 Å². The average Bonchev–Trinajstić information content (AvgIpc) is 2.98. The number of hydrogen-bond acceptors (Lipinski definition) is 4. The molecule has 2 aliphatic heterocycles. The number of carbonyl (C=O) groups is 1. The number of hydrogen-bond donors (Lipinski definition) is 0. The lowest BCUT2D eigenvalue weighted by atomic mass is 10.1. The molecule has 2 saturated heterocycles. The van der Waals surface area contributed by atoms with E-state index in [1.165, 1.54) is 23.9 Å². The zero-order valence-corrected chi connectivity index (χ0v) is 14.9. The van der Waals surface area contributed by atoms with Crippen molar-refractivity contribution in [2.45, 2.75) is 31.1 Å². The molecule has 1 amide bonds. The van der Waals surface area contributed by atoms with E-state index < -0.39 is 9.84 Å². The van der Waals surface area contributed by atoms with Gasteiger partial charge in [0.15, 0.2) is 15.0 Å². The smallest absolute Gasteiger partial charge is 0.247 e. The number of fused-ring (bicyclic) bond motifs is 1. The number of sulfone groups is 1. The first-order valence-corrected chi connectivity index (χ1v) is 10.6. The summed E-state index contributed by atoms with van der Waals surface area (Å²) in [5, 5.41) is 0.556. The third-order valence-electron chi connectivity index (χ3n) is 4.25. The van der Waals surface area contributed by atoms with E-state index in [2.05, 4.69) is 4.99 Å². The molecule has 0 N–H and O–H groups in total. The zero-order chi connectivity index (χ0) is 17.3. The molecule has 130 valence electrons. The van der Waals surface area contributed by atoms with E-state index in [0.717, 1.165) is 5.56 Å². The van der Waals surface area contributed by atoms with Crippen molar-refractivity contribution in [3.05, 3.63) is 35.6 Å². The monoisotopic (exact) mass is 370 g/mol. The number of carbonyl (C=O) groups excluding carboxylic acids is 1. The number of thioether (sulfide) groups is 1. The Morgan fingerprint density at radius 3 is 2.71 bits per heavy atom. The number of amides is 1. The minimum absolute atomic E-state index is 0.0633. The van der Waals surface area contributed by atoms with Crippen molar-refractivity contribution in [1.82, 2.24) is 4.90 Å². The van der Waals surface area contributed by atoms with E-state index in [-0.39, 0.29) is 34.5 Å². The van der Waals surface area contributed by atoms with Gasteiger partial charge in [-0.2, -0.15) is 4.99 Å². The van der Waals surface area contributed by atoms with E-state index in [1.807, 2.05) is 4.90 Å². The molecule has 2 aliphatic rings. The Kier molecular flexibility index (Phi) is 4.96. The van der Waals surface area contributed by atoms with Gasteiger partial charge in [0, 0.05) is 18.2 Å². The summed E-state index contributed by atoms with van der Waals surface area (Å²) < 4.78 is 36.8. The van der Waals surface area contributed by atoms with Gasteiger partial charge in [-0.15, -0.1) is 0 Å². The summed E-state index contributed by atoms with van der Waals surface area (Å²) in [5.41, 5.74) is 0.965. The Morgan fingerprint density at radius 2 is 2.04 bits per heavy atom. The summed E-state index contributed by atoms with van der Waals surface area (Å²) in [6.07, 6.45) is 0.965. The number of rotatable bonds is 4. The Bertz CT molecular complexity index is 762. The number of nitrogens with zero attached hydrogens (tertiary/aromatic N) is 2. The topological polar surface area (TPSA) is 66.8 Å². The molecule has 2 heterocycles. The number of halogens is 1. The maximum atomic E-state index is 13.0. The Balaban J connectivity index is 1.78. The van der Waals surface area contributed by atoms with Crippen molar-refractivity contribution < 1.29 is 17.6 Å². The van der Waals surface area contributed by atoms with Gasteiger partial charge in [-0.3, -0.25) is 4.79 Å². The molecule has 1 aromatic carbocycles. The van der Waals surface area contributed by atoms with Crippen LogP contribution in [0.2, 0.25) is 0 Å². The average molecular weight is 370 g/mol. The van der Waals surface area contributed by atoms with Crippen LogP contribution in [0.4, 0.5) is 4.39 Å². The van der Waals surface area contributed by atoms with Crippen molar-refractivity contribution in [2.24, 2.45) is 4.99 Å². The molecule has 0 spiro atoms. The van der Waals surface area contributed by atoms with Crippen LogP contribution in [0.5, 0.6) is 0 Å². The summed E-state index contributed by atoms with van der Waals surface area (Å²) in [7, 11) is -3.04. The SMILES string of the molecule is CCC(=O)N=C1SC2CS(=O)(=O)CC2N1CCc1ccc(F)cc1. The molecular formula is C16H19FN2O3S2. The van der Waals surface area contributed by atoms with Gasteiger partial charge in [0.05, 0.1) is 17.5 Å². The second kappa shape index (κ2) is 6.84. The van der Waals surface area contributed by atoms with Gasteiger partial charge in [0.2, 0.25) is 5.91 Å². The summed E-state index contributed by atoms with van der Waals surface area (Å²) in [6, 6.07) is 6.12. The molecule has 1 aromatic rings. The molecule has 0 radical (unpaired) electrons. The van der Waals surface area contributed by atoms with Crippen LogP contribution < -0.4 is 0 Å². The Labute approximate surface area is 145 Å². The molecule has 2 fully saturated rings. The van der Waals surface area contributed by atoms with Crippen molar-refractivity contribution >= 4 is 32.7 Å². The molecule has 5 nitrogen and oxygen atoms in total. The van der Waals surface area contributed by atoms with Crippen LogP contribution in [0.1, 0.15) is 18.9 Å². The summed E-state index contributed by atoms with van der Waals surface area (Å²) in [6.45, 7) is 2.31. The first kappa shape index (κ1) is 17.4. The van der Waals surface area contributed by atoms with E-state index in [9.17, 15) is 17.6 Å². The normalized spacial score (nSPS) is 26.8. The van der Waals surface area contributed by atoms with Gasteiger partial charge in [0.1, 0.15) is 5.82 Å². The predicted molar refractivity (Wildman–Crippen MR) is 93.4 cm³/mol. The Morgan fingerprint density at radius 1 is 1.33 bits per heavy atom. The predicted octanol–water partition coefficient (Wildman–Crippen LogP) is 1.88. The van der Waals surface area contributed by atoms with Gasteiger partial charge >= 0.3 is 0 Å². The lowest BCUT2D eigenvalue weighted by Gasteiger charge is -2.24. The second-order valence-electron chi connectivity index (χ2n) is 6.01. The van der Waals surface area contributed by atoms with Gasteiger partial charge < -0.3 is 4.90 Å². The van der Waals surface area contributed by atoms with Gasteiger partial charge in [-0.05, 0) is 24.1 Å². The fourth-order valence-corrected chi connectivity index (χ4v) is 6.98. The lowest BCUT2D eigenvalue weighted by molar-refractivity contribution is -0.117. The number of benzene rings is 1. The second-order valence-corrected chi connectivity index (χ2v) is 9.37. The highest BCUT2D eigenvalue weighted by Crippen LogP contribution is 2.38. The van der Waals surface area contributed by atoms with Gasteiger partial charge in [-0.25, -0.2) is 12.8 Å². The largest absolute Gasteiger partial charge is 0.346 e. The number of aliphatic imine (C=N–C) groups is 1. The van der Waals surface area contributed by atoms with Crippen LogP contribution in [-0.4, -0.2) is 53.7 Å². The molecule has 3 rings (SSSR count). The Hall–Kier alpha value is -1.41. The maximum absolute atomic E-state index is 13.0. The molecule has 0 aromatic heterocycles. The van der Waals surface area contributed by atoms with Crippen LogP contribution in [0.15, 0.2) is 29.3 Å². The molecule has 2 unspecified atom stereocenters. The molecular weight excluding hydrogens is 351 g/mol. The molecule has 2 atom stereocenters. The summed E-state index contributed by atoms with van der Waals surface area (Å²) in [4.78, 5) is 17.8. The van der Waals surface area contributed by atoms with Crippen LogP contribution in [0.3, 0.4) is 0 Å². The van der Waals surface area contributed by atoms with Crippen LogP contribution in [-0.2, 0) is 21.1 Å². The molecule has 0 aliphatic carbocycles. The quantitative estimate of drug-likeness (QED) is 0.810. The van der Waals surface area contributed by atoms with Crippen LogP contribution >= 0.6 is 11.8 Å². The molecule has 24 heavy (non-hydrogen) atoms. The molecule has 0 bridgehead atoms. The van der Waals surface area contributed by atoms with Gasteiger partial charge in [0.25, 0.3) is 0 Å². The minimum atomic E-state index is -3.04. The van der Waals surface area contributed by atoms with Crippen LogP contribution in [0.25, 0.3) is 0 Å². The van der Waals surface area contributed by atoms with E-state index in [0.29, 0.717) is 24.6 Å². The number of amidine groups is 1. The molecule has 8 heteroatoms. The minimum Gasteiger partial charge on any atom is -0.346 e. The highest BCUT2D eigenvalue weighted by Gasteiger charge is 2.48. The maximum Gasteiger partial charge on any atom is 0.247 e. The van der Waals surface area contributed by atoms with Crippen molar-refractivity contribution in [3.8, 4) is 0 Å². The van der Waals surface area contributed by atoms with E-state index >= 15 is 0 Å². The fourth-order valence-electron chi connectivity index (χ4n) is 2.98. The lowest BCUT2D eigenvalue weighted by Crippen LogP contribution is -2.39. The zero-order valence-electron chi connectivity index (χ0n) is 13.3. The third-order valence-corrected chi connectivity index (χ3v) is 7.50. The van der Waals surface area contributed by atoms with Crippen molar-refractivity contribution in [1.29, 1.82) is 0 Å². The van der Waals surface area contributed by atoms with E-state index in [4.69, 9.17) is 0 Å². The summed E-state index contributed by atoms with van der Waals surface area (Å²) in [5.74, 6) is -0.248. The molecule has 0 saturated carbocycles.